The largest absolute Gasteiger partial charge is 0.481 e. The average Bonchev–Trinajstić information content (AvgIpc) is 2.74. The van der Waals surface area contributed by atoms with Crippen LogP contribution in [0.1, 0.15) is 60.3 Å². The molecule has 0 aromatic carbocycles. The third-order valence-corrected chi connectivity index (χ3v) is 5.04. The Morgan fingerprint density at radius 3 is 1.51 bits per heavy atom. The van der Waals surface area contributed by atoms with Crippen molar-refractivity contribution in [3.8, 4) is 0 Å². The number of nitrogens with one attached hydrogen (secondary N) is 4. The molecule has 1 unspecified atom stereocenters. The van der Waals surface area contributed by atoms with Crippen molar-refractivity contribution in [2.24, 2.45) is 11.8 Å². The number of carboxylic acid groups (broad SMARTS) is 2. The summed E-state index contributed by atoms with van der Waals surface area (Å²) in [5.74, 6) is -6.00. The van der Waals surface area contributed by atoms with E-state index < -0.39 is 78.5 Å². The van der Waals surface area contributed by atoms with E-state index in [-0.39, 0.29) is 18.8 Å². The first-order valence-corrected chi connectivity index (χ1v) is 11.3. The van der Waals surface area contributed by atoms with Crippen molar-refractivity contribution in [1.29, 1.82) is 0 Å². The minimum atomic E-state index is -1.39. The van der Waals surface area contributed by atoms with E-state index in [1.54, 1.807) is 27.7 Å². The molecule has 0 fully saturated rings. The van der Waals surface area contributed by atoms with Crippen molar-refractivity contribution >= 4 is 41.9 Å². The van der Waals surface area contributed by atoms with Gasteiger partial charge in [-0.1, -0.05) is 27.7 Å². The summed E-state index contributed by atoms with van der Waals surface area (Å²) in [5, 5.41) is 27.6. The molecule has 0 saturated carbocycles. The molecule has 13 heteroatoms. The monoisotopic (exact) mass is 500 g/mol. The van der Waals surface area contributed by atoms with Crippen LogP contribution in [0.25, 0.3) is 0 Å². The van der Waals surface area contributed by atoms with Crippen molar-refractivity contribution in [2.45, 2.75) is 84.5 Å². The fraction of sp³-hybridized carbons (Fsp3) is 0.682. The number of carbonyl (C=O) groups excluding carboxylic acids is 5. The summed E-state index contributed by atoms with van der Waals surface area (Å²) in [6.45, 7) is 7.90. The second-order valence-corrected chi connectivity index (χ2v) is 8.82. The SMILES string of the molecule is CC(=O)N[C@@H](CCC(=O)O)C(=O)N[C@@H](CCC(=O)O)C(=O)NC(C(=O)N[C@H](C=O)C(C)C)C(C)C. The molecular weight excluding hydrogens is 464 g/mol. The predicted molar refractivity (Wildman–Crippen MR) is 123 cm³/mol. The number of carboxylic acids is 2. The Morgan fingerprint density at radius 2 is 1.14 bits per heavy atom. The van der Waals surface area contributed by atoms with Crippen LogP contribution in [0.4, 0.5) is 0 Å². The summed E-state index contributed by atoms with van der Waals surface area (Å²) in [6, 6.07) is -4.53. The van der Waals surface area contributed by atoms with Gasteiger partial charge in [-0.05, 0) is 24.7 Å². The van der Waals surface area contributed by atoms with Crippen LogP contribution < -0.4 is 21.3 Å². The molecular formula is C22H36N4O9. The molecule has 6 N–H and O–H groups in total. The van der Waals surface area contributed by atoms with Gasteiger partial charge in [-0.3, -0.25) is 28.8 Å². The minimum absolute atomic E-state index is 0.195. The van der Waals surface area contributed by atoms with Crippen molar-refractivity contribution in [1.82, 2.24) is 21.3 Å². The molecule has 13 nitrogen and oxygen atoms in total. The summed E-state index contributed by atoms with van der Waals surface area (Å²) >= 11 is 0. The number of aliphatic carboxylic acids is 2. The number of hydrogen-bond acceptors (Lipinski definition) is 7. The molecule has 0 heterocycles. The molecule has 0 bridgehead atoms. The Bertz CT molecular complexity index is 798. The van der Waals surface area contributed by atoms with Crippen LogP contribution in [0.3, 0.4) is 0 Å². The number of amides is 4. The molecule has 0 radical (unpaired) electrons. The Balaban J connectivity index is 5.66. The molecule has 0 rings (SSSR count). The number of carbonyl (C=O) groups is 7. The summed E-state index contributed by atoms with van der Waals surface area (Å²) in [7, 11) is 0. The maximum absolute atomic E-state index is 13.0. The van der Waals surface area contributed by atoms with Crippen LogP contribution in [0.5, 0.6) is 0 Å². The lowest BCUT2D eigenvalue weighted by Crippen LogP contribution is -2.58. The van der Waals surface area contributed by atoms with E-state index in [1.807, 2.05) is 0 Å². The molecule has 0 saturated heterocycles. The van der Waals surface area contributed by atoms with Crippen LogP contribution in [-0.2, 0) is 33.6 Å². The van der Waals surface area contributed by atoms with E-state index in [9.17, 15) is 33.6 Å². The van der Waals surface area contributed by atoms with E-state index in [1.165, 1.54) is 0 Å². The van der Waals surface area contributed by atoms with Gasteiger partial charge in [0.15, 0.2) is 0 Å². The van der Waals surface area contributed by atoms with Crippen LogP contribution in [0, 0.1) is 11.8 Å². The predicted octanol–water partition coefficient (Wildman–Crippen LogP) is -0.814. The molecule has 0 aliphatic carbocycles. The highest BCUT2D eigenvalue weighted by atomic mass is 16.4. The lowest BCUT2D eigenvalue weighted by atomic mass is 10.00. The molecule has 4 amide bonds. The second-order valence-electron chi connectivity index (χ2n) is 8.82. The number of hydrogen-bond donors (Lipinski definition) is 6. The Hall–Kier alpha value is -3.51. The van der Waals surface area contributed by atoms with Crippen LogP contribution in [0.15, 0.2) is 0 Å². The van der Waals surface area contributed by atoms with Gasteiger partial charge >= 0.3 is 11.9 Å². The van der Waals surface area contributed by atoms with Crippen LogP contribution in [-0.4, -0.2) is 76.2 Å². The van der Waals surface area contributed by atoms with E-state index >= 15 is 0 Å². The van der Waals surface area contributed by atoms with Gasteiger partial charge in [0.25, 0.3) is 0 Å². The van der Waals surface area contributed by atoms with Crippen molar-refractivity contribution in [3.05, 3.63) is 0 Å². The van der Waals surface area contributed by atoms with Gasteiger partial charge in [0.05, 0.1) is 6.04 Å². The fourth-order valence-electron chi connectivity index (χ4n) is 2.99. The van der Waals surface area contributed by atoms with E-state index in [0.717, 1.165) is 6.92 Å². The van der Waals surface area contributed by atoms with Crippen molar-refractivity contribution in [2.75, 3.05) is 0 Å². The Labute approximate surface area is 203 Å². The molecule has 35 heavy (non-hydrogen) atoms. The van der Waals surface area contributed by atoms with Gasteiger partial charge in [0.1, 0.15) is 24.4 Å². The highest BCUT2D eigenvalue weighted by Gasteiger charge is 2.32. The van der Waals surface area contributed by atoms with Gasteiger partial charge in [-0.15, -0.1) is 0 Å². The van der Waals surface area contributed by atoms with Gasteiger partial charge < -0.3 is 36.3 Å². The van der Waals surface area contributed by atoms with Gasteiger partial charge in [-0.2, -0.15) is 0 Å². The minimum Gasteiger partial charge on any atom is -0.481 e. The normalized spacial score (nSPS) is 14.3. The first-order valence-electron chi connectivity index (χ1n) is 11.3. The third-order valence-electron chi connectivity index (χ3n) is 5.04. The molecule has 0 aliphatic heterocycles. The molecule has 0 aromatic heterocycles. The first-order chi connectivity index (χ1) is 16.2. The fourth-order valence-corrected chi connectivity index (χ4v) is 2.99. The smallest absolute Gasteiger partial charge is 0.303 e. The number of aldehydes is 1. The summed E-state index contributed by atoms with van der Waals surface area (Å²) in [6.07, 6.45) is -0.927. The molecule has 4 atom stereocenters. The highest BCUT2D eigenvalue weighted by Crippen LogP contribution is 2.08. The summed E-state index contributed by atoms with van der Waals surface area (Å²) in [4.78, 5) is 83.0. The quantitative estimate of drug-likeness (QED) is 0.146. The van der Waals surface area contributed by atoms with E-state index in [0.29, 0.717) is 6.29 Å². The molecule has 0 aliphatic rings. The summed E-state index contributed by atoms with van der Waals surface area (Å²) < 4.78 is 0. The van der Waals surface area contributed by atoms with Crippen molar-refractivity contribution < 1.29 is 43.8 Å². The first kappa shape index (κ1) is 31.5. The zero-order valence-corrected chi connectivity index (χ0v) is 20.6. The zero-order chi connectivity index (χ0) is 27.3. The maximum Gasteiger partial charge on any atom is 0.303 e. The van der Waals surface area contributed by atoms with Gasteiger partial charge in [-0.25, -0.2) is 0 Å². The topological polar surface area (TPSA) is 208 Å². The van der Waals surface area contributed by atoms with Crippen LogP contribution in [0.2, 0.25) is 0 Å². The molecule has 198 valence electrons. The molecule has 0 spiro atoms. The van der Waals surface area contributed by atoms with Gasteiger partial charge in [0, 0.05) is 19.8 Å². The van der Waals surface area contributed by atoms with Gasteiger partial charge in [0.2, 0.25) is 23.6 Å². The van der Waals surface area contributed by atoms with Crippen LogP contribution >= 0.6 is 0 Å². The maximum atomic E-state index is 13.0. The second kappa shape index (κ2) is 15.4. The number of rotatable bonds is 16. The standard InChI is InChI=1S/C22H36N4O9/c1-11(2)16(10-27)25-22(35)19(12(3)4)26-21(34)15(7-9-18(31)32)24-20(33)14(23-13(5)28)6-8-17(29)30/h10-12,14-16,19H,6-9H2,1-5H3,(H,23,28)(H,24,33)(H,25,35)(H,26,34)(H,29,30)(H,31,32)/t14-,15-,16+,19?/m0/s1. The highest BCUT2D eigenvalue weighted by molar-refractivity contribution is 5.95. The third kappa shape index (κ3) is 12.5. The van der Waals surface area contributed by atoms with Crippen molar-refractivity contribution in [3.63, 3.8) is 0 Å². The molecule has 0 aromatic rings. The Morgan fingerprint density at radius 1 is 0.686 bits per heavy atom. The van der Waals surface area contributed by atoms with E-state index in [4.69, 9.17) is 10.2 Å². The lowest BCUT2D eigenvalue weighted by Gasteiger charge is -2.27. The zero-order valence-electron chi connectivity index (χ0n) is 20.6. The summed E-state index contributed by atoms with van der Waals surface area (Å²) in [5.41, 5.74) is 0. The lowest BCUT2D eigenvalue weighted by molar-refractivity contribution is -0.140. The average molecular weight is 501 g/mol. The Kier molecular flexibility index (Phi) is 13.9. The van der Waals surface area contributed by atoms with E-state index in [2.05, 4.69) is 21.3 Å².